The maximum atomic E-state index is 9.13. The number of hydrogen-bond donors (Lipinski definition) is 1. The van der Waals surface area contributed by atoms with Gasteiger partial charge in [0.1, 0.15) is 0 Å². The Balaban J connectivity index is 1.93. The van der Waals surface area contributed by atoms with Gasteiger partial charge in [0.25, 0.3) is 0 Å². The monoisotopic (exact) mass is 238 g/mol. The van der Waals surface area contributed by atoms with Crippen LogP contribution in [0, 0.1) is 17.2 Å². The van der Waals surface area contributed by atoms with Crippen LogP contribution in [0.25, 0.3) is 11.1 Å². The van der Waals surface area contributed by atoms with Crippen molar-refractivity contribution in [3.63, 3.8) is 0 Å². The molecule has 1 heterocycles. The third-order valence-electron chi connectivity index (χ3n) is 3.25. The average Bonchev–Trinajstić information content (AvgIpc) is 3.06. The summed E-state index contributed by atoms with van der Waals surface area (Å²) in [5, 5.41) is 13.5. The molecule has 1 fully saturated rings. The van der Waals surface area contributed by atoms with Crippen molar-refractivity contribution >= 4 is 5.69 Å². The van der Waals surface area contributed by atoms with E-state index in [9.17, 15) is 0 Å². The number of benzene rings is 1. The highest BCUT2D eigenvalue weighted by atomic mass is 15.3. The van der Waals surface area contributed by atoms with E-state index in [-0.39, 0.29) is 0 Å². The maximum Gasteiger partial charge on any atom is 0.0998 e. The van der Waals surface area contributed by atoms with Crippen molar-refractivity contribution in [3.05, 3.63) is 36.2 Å². The van der Waals surface area contributed by atoms with Gasteiger partial charge in [-0.25, -0.2) is 0 Å². The van der Waals surface area contributed by atoms with Crippen LogP contribution in [-0.2, 0) is 6.54 Å². The van der Waals surface area contributed by atoms with E-state index in [1.165, 1.54) is 12.8 Å². The first-order valence-corrected chi connectivity index (χ1v) is 6.09. The highest BCUT2D eigenvalue weighted by molar-refractivity contribution is 5.71. The Labute approximate surface area is 106 Å². The molecule has 90 valence electrons. The minimum absolute atomic E-state index is 0.598. The summed E-state index contributed by atoms with van der Waals surface area (Å²) in [6.07, 6.45) is 6.43. The van der Waals surface area contributed by atoms with Crippen molar-refractivity contribution in [1.82, 2.24) is 9.78 Å². The largest absolute Gasteiger partial charge is 0.399 e. The molecule has 18 heavy (non-hydrogen) atoms. The molecule has 0 bridgehead atoms. The quantitative estimate of drug-likeness (QED) is 0.835. The highest BCUT2D eigenvalue weighted by Gasteiger charge is 2.22. The first-order chi connectivity index (χ1) is 8.76. The van der Waals surface area contributed by atoms with Crippen molar-refractivity contribution in [3.8, 4) is 17.2 Å². The molecule has 2 N–H and O–H groups in total. The number of aromatic nitrogens is 2. The molecular formula is C14H14N4. The van der Waals surface area contributed by atoms with Gasteiger partial charge in [0.2, 0.25) is 0 Å². The zero-order valence-corrected chi connectivity index (χ0v) is 10.0. The van der Waals surface area contributed by atoms with Crippen molar-refractivity contribution in [2.45, 2.75) is 19.4 Å². The molecule has 0 amide bonds. The van der Waals surface area contributed by atoms with E-state index in [1.807, 2.05) is 29.2 Å². The van der Waals surface area contributed by atoms with E-state index in [1.54, 1.807) is 6.07 Å². The van der Waals surface area contributed by atoms with Gasteiger partial charge in [-0.15, -0.1) is 0 Å². The Bertz CT molecular complexity index is 617. The van der Waals surface area contributed by atoms with Crippen LogP contribution in [0.3, 0.4) is 0 Å². The van der Waals surface area contributed by atoms with Gasteiger partial charge in [0.05, 0.1) is 17.8 Å². The van der Waals surface area contributed by atoms with Gasteiger partial charge in [-0.2, -0.15) is 10.4 Å². The predicted octanol–water partition coefficient (Wildman–Crippen LogP) is 2.41. The van der Waals surface area contributed by atoms with Crippen molar-refractivity contribution in [1.29, 1.82) is 5.26 Å². The number of nitriles is 1. The molecule has 0 unspecified atom stereocenters. The van der Waals surface area contributed by atoms with E-state index >= 15 is 0 Å². The normalized spacial score (nSPS) is 14.4. The summed E-state index contributed by atoms with van der Waals surface area (Å²) in [6.45, 7) is 0.983. The minimum Gasteiger partial charge on any atom is -0.399 e. The molecule has 1 saturated carbocycles. The maximum absolute atomic E-state index is 9.13. The third-order valence-corrected chi connectivity index (χ3v) is 3.25. The van der Waals surface area contributed by atoms with E-state index in [0.717, 1.165) is 23.6 Å². The molecule has 2 aromatic rings. The van der Waals surface area contributed by atoms with Crippen molar-refractivity contribution in [2.24, 2.45) is 5.92 Å². The Morgan fingerprint density at radius 3 is 3.00 bits per heavy atom. The summed E-state index contributed by atoms with van der Waals surface area (Å²) < 4.78 is 1.96. The Hall–Kier alpha value is -2.28. The summed E-state index contributed by atoms with van der Waals surface area (Å²) in [4.78, 5) is 0. The summed E-state index contributed by atoms with van der Waals surface area (Å²) in [5.74, 6) is 0.791. The van der Waals surface area contributed by atoms with Crippen molar-refractivity contribution < 1.29 is 0 Å². The van der Waals surface area contributed by atoms with Gasteiger partial charge in [-0.05, 0) is 30.9 Å². The second kappa shape index (κ2) is 4.19. The molecule has 0 radical (unpaired) electrons. The van der Waals surface area contributed by atoms with Gasteiger partial charge in [0.15, 0.2) is 0 Å². The number of anilines is 1. The molecule has 0 aliphatic heterocycles. The first-order valence-electron chi connectivity index (χ1n) is 6.09. The van der Waals surface area contributed by atoms with E-state index < -0.39 is 0 Å². The van der Waals surface area contributed by atoms with E-state index in [4.69, 9.17) is 11.0 Å². The average molecular weight is 238 g/mol. The topological polar surface area (TPSA) is 67.6 Å². The van der Waals surface area contributed by atoms with Crippen LogP contribution < -0.4 is 5.73 Å². The fourth-order valence-corrected chi connectivity index (χ4v) is 2.07. The van der Waals surface area contributed by atoms with Gasteiger partial charge in [-0.3, -0.25) is 4.68 Å². The Kier molecular flexibility index (Phi) is 2.52. The number of nitrogens with zero attached hydrogens (tertiary/aromatic N) is 3. The summed E-state index contributed by atoms with van der Waals surface area (Å²) in [7, 11) is 0. The first kappa shape index (κ1) is 10.8. The van der Waals surface area contributed by atoms with Crippen LogP contribution in [0.2, 0.25) is 0 Å². The molecule has 0 saturated heterocycles. The zero-order chi connectivity index (χ0) is 12.5. The summed E-state index contributed by atoms with van der Waals surface area (Å²) in [6, 6.07) is 7.58. The molecular weight excluding hydrogens is 224 g/mol. The number of rotatable bonds is 3. The second-order valence-electron chi connectivity index (χ2n) is 4.81. The third kappa shape index (κ3) is 2.07. The molecule has 1 aliphatic carbocycles. The zero-order valence-electron chi connectivity index (χ0n) is 10.0. The fourth-order valence-electron chi connectivity index (χ4n) is 2.07. The lowest BCUT2D eigenvalue weighted by atomic mass is 10.0. The standard InChI is InChI=1S/C14H14N4/c15-6-11-5-13(16)3-4-14(11)12-7-17-18(9-12)8-10-1-2-10/h3-5,7,9-10H,1-2,8,16H2. The molecule has 1 aromatic carbocycles. The Morgan fingerprint density at radius 2 is 2.28 bits per heavy atom. The lowest BCUT2D eigenvalue weighted by Crippen LogP contribution is -1.99. The fraction of sp³-hybridized carbons (Fsp3) is 0.286. The van der Waals surface area contributed by atoms with Gasteiger partial charge in [-0.1, -0.05) is 6.07 Å². The van der Waals surface area contributed by atoms with Gasteiger partial charge >= 0.3 is 0 Å². The Morgan fingerprint density at radius 1 is 1.44 bits per heavy atom. The lowest BCUT2D eigenvalue weighted by Gasteiger charge is -2.02. The molecule has 4 heteroatoms. The SMILES string of the molecule is N#Cc1cc(N)ccc1-c1cnn(CC2CC2)c1. The molecule has 0 spiro atoms. The van der Waals surface area contributed by atoms with Gasteiger partial charge < -0.3 is 5.73 Å². The van der Waals surface area contributed by atoms with E-state index in [0.29, 0.717) is 11.3 Å². The number of nitrogens with two attached hydrogens (primary N) is 1. The molecule has 0 atom stereocenters. The summed E-state index contributed by atoms with van der Waals surface area (Å²) in [5.41, 5.74) is 8.77. The molecule has 4 nitrogen and oxygen atoms in total. The smallest absolute Gasteiger partial charge is 0.0998 e. The van der Waals surface area contributed by atoms with Crippen molar-refractivity contribution in [2.75, 3.05) is 5.73 Å². The molecule has 3 rings (SSSR count). The highest BCUT2D eigenvalue weighted by Crippen LogP contribution is 2.31. The van der Waals surface area contributed by atoms with Crippen LogP contribution in [0.15, 0.2) is 30.6 Å². The molecule has 1 aromatic heterocycles. The lowest BCUT2D eigenvalue weighted by molar-refractivity contribution is 0.563. The van der Waals surface area contributed by atoms with Crippen LogP contribution in [-0.4, -0.2) is 9.78 Å². The molecule has 1 aliphatic rings. The second-order valence-corrected chi connectivity index (χ2v) is 4.81. The minimum atomic E-state index is 0.598. The van der Waals surface area contributed by atoms with Crippen LogP contribution in [0.5, 0.6) is 0 Å². The van der Waals surface area contributed by atoms with Gasteiger partial charge in [0, 0.05) is 29.6 Å². The number of hydrogen-bond acceptors (Lipinski definition) is 3. The number of nitrogen functional groups attached to an aromatic ring is 1. The van der Waals surface area contributed by atoms with E-state index in [2.05, 4.69) is 11.2 Å². The summed E-state index contributed by atoms with van der Waals surface area (Å²) >= 11 is 0. The van der Waals surface area contributed by atoms with Crippen LogP contribution in [0.1, 0.15) is 18.4 Å². The predicted molar refractivity (Wildman–Crippen MR) is 69.5 cm³/mol. The van der Waals surface area contributed by atoms with Crippen LogP contribution in [0.4, 0.5) is 5.69 Å². The van der Waals surface area contributed by atoms with Crippen LogP contribution >= 0.6 is 0 Å².